The summed E-state index contributed by atoms with van der Waals surface area (Å²) in [5.74, 6) is -1.12. The average Bonchev–Trinajstić information content (AvgIpc) is 3.04. The number of carbonyl (C=O) groups is 2. The smallest absolute Gasteiger partial charge is 0.380 e. The average molecular weight is 406 g/mol. The Balaban J connectivity index is 1.65. The van der Waals surface area contributed by atoms with Crippen molar-refractivity contribution < 1.29 is 27.5 Å². The molecule has 2 aromatic carbocycles. The summed E-state index contributed by atoms with van der Waals surface area (Å²) in [6.07, 6.45) is -4.42. The highest BCUT2D eigenvalue weighted by molar-refractivity contribution is 5.97. The molecule has 154 valence electrons. The number of hydrogen-bond acceptors (Lipinski definition) is 3. The lowest BCUT2D eigenvalue weighted by Crippen LogP contribution is -2.28. The van der Waals surface area contributed by atoms with Crippen LogP contribution in [-0.2, 0) is 33.7 Å². The van der Waals surface area contributed by atoms with Crippen LogP contribution in [0.2, 0.25) is 0 Å². The summed E-state index contributed by atoms with van der Waals surface area (Å²) in [5, 5.41) is 2.82. The van der Waals surface area contributed by atoms with Gasteiger partial charge in [-0.1, -0.05) is 30.3 Å². The fraction of sp³-hybridized carbons (Fsp3) is 0.333. The maximum Gasteiger partial charge on any atom is 0.416 e. The second-order valence-corrected chi connectivity index (χ2v) is 6.95. The fourth-order valence-electron chi connectivity index (χ4n) is 3.33. The number of alkyl halides is 3. The van der Waals surface area contributed by atoms with Crippen LogP contribution in [0, 0.1) is 5.92 Å². The van der Waals surface area contributed by atoms with E-state index in [1.165, 1.54) is 17.0 Å². The topological polar surface area (TPSA) is 58.6 Å². The number of rotatable bonds is 6. The number of para-hydroxylation sites is 1. The number of likely N-dealkylation sites (tertiary alicyclic amines) is 1. The predicted molar refractivity (Wildman–Crippen MR) is 101 cm³/mol. The zero-order valence-electron chi connectivity index (χ0n) is 15.8. The van der Waals surface area contributed by atoms with Crippen LogP contribution in [0.4, 0.5) is 18.9 Å². The Bertz CT molecular complexity index is 899. The molecule has 1 unspecified atom stereocenters. The van der Waals surface area contributed by atoms with Gasteiger partial charge in [0.25, 0.3) is 0 Å². The van der Waals surface area contributed by atoms with Gasteiger partial charge in [0, 0.05) is 37.9 Å². The lowest BCUT2D eigenvalue weighted by molar-refractivity contribution is -0.137. The first kappa shape index (κ1) is 20.9. The molecule has 0 bridgehead atoms. The van der Waals surface area contributed by atoms with E-state index in [-0.39, 0.29) is 31.3 Å². The highest BCUT2D eigenvalue weighted by Crippen LogP contribution is 2.30. The molecule has 2 amide bonds. The van der Waals surface area contributed by atoms with Crippen LogP contribution in [-0.4, -0.2) is 30.4 Å². The lowest BCUT2D eigenvalue weighted by atomic mass is 10.1. The molecule has 29 heavy (non-hydrogen) atoms. The second kappa shape index (κ2) is 8.65. The van der Waals surface area contributed by atoms with Crippen LogP contribution in [0.15, 0.2) is 48.5 Å². The molecule has 2 aromatic rings. The number of benzene rings is 2. The summed E-state index contributed by atoms with van der Waals surface area (Å²) >= 11 is 0. The number of nitrogens with zero attached hydrogens (tertiary/aromatic N) is 1. The second-order valence-electron chi connectivity index (χ2n) is 6.95. The summed E-state index contributed by atoms with van der Waals surface area (Å²) in [7, 11) is 1.56. The van der Waals surface area contributed by atoms with Crippen molar-refractivity contribution in [2.45, 2.75) is 25.7 Å². The zero-order chi connectivity index (χ0) is 21.0. The van der Waals surface area contributed by atoms with E-state index in [1.54, 1.807) is 19.2 Å². The van der Waals surface area contributed by atoms with Crippen molar-refractivity contribution in [2.75, 3.05) is 19.0 Å². The van der Waals surface area contributed by atoms with Crippen molar-refractivity contribution in [3.8, 4) is 0 Å². The van der Waals surface area contributed by atoms with E-state index in [1.807, 2.05) is 12.1 Å². The van der Waals surface area contributed by atoms with Crippen LogP contribution in [0.1, 0.15) is 23.1 Å². The van der Waals surface area contributed by atoms with Gasteiger partial charge >= 0.3 is 6.18 Å². The molecular weight excluding hydrogens is 385 g/mol. The van der Waals surface area contributed by atoms with Crippen LogP contribution < -0.4 is 5.32 Å². The Morgan fingerprint density at radius 2 is 1.97 bits per heavy atom. The molecule has 8 heteroatoms. The largest absolute Gasteiger partial charge is 0.416 e. The maximum atomic E-state index is 12.9. The Morgan fingerprint density at radius 1 is 1.21 bits per heavy atom. The standard InChI is InChI=1S/C21H21F3N2O3/c1-29-13-15-6-2-3-8-18(15)25-20(28)16-10-19(27)26(12-16)11-14-5-4-7-17(9-14)21(22,23)24/h2-9,16H,10-13H2,1H3,(H,25,28). The van der Waals surface area contributed by atoms with E-state index in [2.05, 4.69) is 5.32 Å². The van der Waals surface area contributed by atoms with Crippen molar-refractivity contribution in [3.63, 3.8) is 0 Å². The monoisotopic (exact) mass is 406 g/mol. The van der Waals surface area contributed by atoms with Crippen LogP contribution in [0.3, 0.4) is 0 Å². The van der Waals surface area contributed by atoms with E-state index < -0.39 is 17.7 Å². The Morgan fingerprint density at radius 3 is 2.69 bits per heavy atom. The van der Waals surface area contributed by atoms with Crippen molar-refractivity contribution in [1.82, 2.24) is 4.90 Å². The minimum absolute atomic E-state index is 0.0250. The molecule has 1 N–H and O–H groups in total. The summed E-state index contributed by atoms with van der Waals surface area (Å²) in [4.78, 5) is 26.3. The molecule has 0 saturated carbocycles. The number of ether oxygens (including phenoxy) is 1. The Labute approximate surface area is 166 Å². The molecule has 0 radical (unpaired) electrons. The van der Waals surface area contributed by atoms with Crippen molar-refractivity contribution in [1.29, 1.82) is 0 Å². The number of nitrogens with one attached hydrogen (secondary N) is 1. The minimum atomic E-state index is -4.44. The maximum absolute atomic E-state index is 12.9. The van der Waals surface area contributed by atoms with Crippen molar-refractivity contribution >= 4 is 17.5 Å². The van der Waals surface area contributed by atoms with Gasteiger partial charge in [0.15, 0.2) is 0 Å². The fourth-order valence-corrected chi connectivity index (χ4v) is 3.33. The van der Waals surface area contributed by atoms with Crippen molar-refractivity contribution in [3.05, 3.63) is 65.2 Å². The number of anilines is 1. The number of halogens is 3. The quantitative estimate of drug-likeness (QED) is 0.793. The first-order chi connectivity index (χ1) is 13.8. The number of carbonyl (C=O) groups excluding carboxylic acids is 2. The number of hydrogen-bond donors (Lipinski definition) is 1. The van der Waals surface area contributed by atoms with Crippen LogP contribution in [0.25, 0.3) is 0 Å². The van der Waals surface area contributed by atoms with Gasteiger partial charge in [0.05, 0.1) is 18.1 Å². The molecule has 1 aliphatic heterocycles. The highest BCUT2D eigenvalue weighted by Gasteiger charge is 2.35. The normalized spacial score (nSPS) is 16.9. The molecule has 0 aromatic heterocycles. The van der Waals surface area contributed by atoms with Gasteiger partial charge in [-0.25, -0.2) is 0 Å². The number of methoxy groups -OCH3 is 1. The molecular formula is C21H21F3N2O3. The van der Waals surface area contributed by atoms with E-state index in [4.69, 9.17) is 4.74 Å². The SMILES string of the molecule is COCc1ccccc1NC(=O)C1CC(=O)N(Cc2cccc(C(F)(F)F)c2)C1. The summed E-state index contributed by atoms with van der Waals surface area (Å²) in [6.45, 7) is 0.530. The Hall–Kier alpha value is -2.87. The molecule has 0 spiro atoms. The van der Waals surface area contributed by atoms with E-state index in [9.17, 15) is 22.8 Å². The van der Waals surface area contributed by atoms with Gasteiger partial charge in [-0.15, -0.1) is 0 Å². The van der Waals surface area contributed by atoms with E-state index in [0.717, 1.165) is 17.7 Å². The molecule has 1 atom stereocenters. The Kier molecular flexibility index (Phi) is 6.22. The predicted octanol–water partition coefficient (Wildman–Crippen LogP) is 3.84. The van der Waals surface area contributed by atoms with Crippen LogP contribution in [0.5, 0.6) is 0 Å². The lowest BCUT2D eigenvalue weighted by Gasteiger charge is -2.18. The highest BCUT2D eigenvalue weighted by atomic mass is 19.4. The third-order valence-electron chi connectivity index (χ3n) is 4.79. The molecule has 1 heterocycles. The van der Waals surface area contributed by atoms with Gasteiger partial charge in [-0.2, -0.15) is 13.2 Å². The van der Waals surface area contributed by atoms with Gasteiger partial charge < -0.3 is 15.0 Å². The molecule has 1 fully saturated rings. The molecule has 0 aliphatic carbocycles. The molecule has 3 rings (SSSR count). The first-order valence-electron chi connectivity index (χ1n) is 9.09. The third kappa shape index (κ3) is 5.14. The van der Waals surface area contributed by atoms with Gasteiger partial charge in [-0.05, 0) is 23.8 Å². The van der Waals surface area contributed by atoms with Gasteiger partial charge in [0.2, 0.25) is 11.8 Å². The van der Waals surface area contributed by atoms with E-state index in [0.29, 0.717) is 17.9 Å². The van der Waals surface area contributed by atoms with E-state index >= 15 is 0 Å². The van der Waals surface area contributed by atoms with Crippen molar-refractivity contribution in [2.24, 2.45) is 5.92 Å². The molecule has 1 aliphatic rings. The van der Waals surface area contributed by atoms with Gasteiger partial charge in [0.1, 0.15) is 0 Å². The van der Waals surface area contributed by atoms with Gasteiger partial charge in [-0.3, -0.25) is 9.59 Å². The van der Waals surface area contributed by atoms with Crippen LogP contribution >= 0.6 is 0 Å². The number of amides is 2. The third-order valence-corrected chi connectivity index (χ3v) is 4.79. The minimum Gasteiger partial charge on any atom is -0.380 e. The summed E-state index contributed by atoms with van der Waals surface area (Å²) in [6, 6.07) is 12.1. The first-order valence-corrected chi connectivity index (χ1v) is 9.09. The summed E-state index contributed by atoms with van der Waals surface area (Å²) < 4.78 is 43.8. The molecule has 1 saturated heterocycles. The summed E-state index contributed by atoms with van der Waals surface area (Å²) in [5.41, 5.74) is 1.04. The molecule has 5 nitrogen and oxygen atoms in total. The zero-order valence-corrected chi connectivity index (χ0v) is 15.8.